The Hall–Kier alpha value is -2.87. The van der Waals surface area contributed by atoms with Crippen molar-refractivity contribution in [3.63, 3.8) is 0 Å². The molecule has 27 heavy (non-hydrogen) atoms. The first-order valence-corrected chi connectivity index (χ1v) is 9.43. The number of piperidine rings is 1. The van der Waals surface area contributed by atoms with E-state index in [2.05, 4.69) is 5.32 Å². The SMILES string of the molecule is COC(=O)c1c(-c2ccccc2)csc1NC(=O)N1CCC(C(=O)O)CC1. The second-order valence-corrected chi connectivity index (χ2v) is 7.12. The standard InChI is InChI=1S/C19H20N2O5S/c1-26-18(24)15-14(12-5-3-2-4-6-12)11-27-16(15)20-19(25)21-9-7-13(8-10-21)17(22)23/h2-6,11,13H,7-10H2,1H3,(H,20,25)(H,22,23). The van der Waals surface area contributed by atoms with Crippen LogP contribution in [0.5, 0.6) is 0 Å². The lowest BCUT2D eigenvalue weighted by Gasteiger charge is -2.30. The normalized spacial score (nSPS) is 14.6. The van der Waals surface area contributed by atoms with E-state index in [1.165, 1.54) is 18.4 Å². The molecule has 1 aliphatic heterocycles. The van der Waals surface area contributed by atoms with Gasteiger partial charge in [-0.3, -0.25) is 10.1 Å². The summed E-state index contributed by atoms with van der Waals surface area (Å²) in [7, 11) is 1.30. The third-order valence-electron chi connectivity index (χ3n) is 4.62. The van der Waals surface area contributed by atoms with Crippen molar-refractivity contribution in [3.05, 3.63) is 41.3 Å². The lowest BCUT2D eigenvalue weighted by atomic mass is 9.97. The number of ether oxygens (including phenoxy) is 1. The minimum absolute atomic E-state index is 0.322. The molecule has 8 heteroatoms. The number of esters is 1. The van der Waals surface area contributed by atoms with Gasteiger partial charge in [-0.1, -0.05) is 30.3 Å². The summed E-state index contributed by atoms with van der Waals surface area (Å²) in [6.45, 7) is 0.737. The molecule has 142 valence electrons. The van der Waals surface area contributed by atoms with Crippen molar-refractivity contribution in [3.8, 4) is 11.1 Å². The van der Waals surface area contributed by atoms with Crippen LogP contribution in [0.2, 0.25) is 0 Å². The largest absolute Gasteiger partial charge is 0.481 e. The van der Waals surface area contributed by atoms with Crippen LogP contribution in [-0.4, -0.2) is 48.2 Å². The zero-order valence-corrected chi connectivity index (χ0v) is 15.6. The Labute approximate surface area is 160 Å². The summed E-state index contributed by atoms with van der Waals surface area (Å²) in [4.78, 5) is 37.5. The van der Waals surface area contributed by atoms with Gasteiger partial charge in [0.15, 0.2) is 0 Å². The van der Waals surface area contributed by atoms with Crippen molar-refractivity contribution in [1.29, 1.82) is 0 Å². The number of carbonyl (C=O) groups is 3. The van der Waals surface area contributed by atoms with Crippen molar-refractivity contribution >= 4 is 34.3 Å². The van der Waals surface area contributed by atoms with Crippen molar-refractivity contribution in [2.75, 3.05) is 25.5 Å². The minimum Gasteiger partial charge on any atom is -0.481 e. The van der Waals surface area contributed by atoms with E-state index in [0.29, 0.717) is 42.1 Å². The van der Waals surface area contributed by atoms with Gasteiger partial charge in [0, 0.05) is 24.0 Å². The maximum atomic E-state index is 12.6. The molecular weight excluding hydrogens is 368 g/mol. The van der Waals surface area contributed by atoms with Crippen LogP contribution in [0.3, 0.4) is 0 Å². The summed E-state index contributed by atoms with van der Waals surface area (Å²) in [5.41, 5.74) is 1.88. The van der Waals surface area contributed by atoms with Gasteiger partial charge in [0.1, 0.15) is 10.6 Å². The van der Waals surface area contributed by atoms with Gasteiger partial charge in [-0.15, -0.1) is 11.3 Å². The number of aliphatic carboxylic acids is 1. The van der Waals surface area contributed by atoms with E-state index in [9.17, 15) is 14.4 Å². The Kier molecular flexibility index (Phi) is 5.75. The fourth-order valence-corrected chi connectivity index (χ4v) is 4.04. The van der Waals surface area contributed by atoms with Gasteiger partial charge in [-0.25, -0.2) is 9.59 Å². The van der Waals surface area contributed by atoms with Gasteiger partial charge in [0.25, 0.3) is 0 Å². The third kappa shape index (κ3) is 4.11. The lowest BCUT2D eigenvalue weighted by Crippen LogP contribution is -2.42. The Morgan fingerprint density at radius 3 is 2.44 bits per heavy atom. The highest BCUT2D eigenvalue weighted by Gasteiger charge is 2.28. The molecule has 7 nitrogen and oxygen atoms in total. The van der Waals surface area contributed by atoms with E-state index in [4.69, 9.17) is 9.84 Å². The van der Waals surface area contributed by atoms with Gasteiger partial charge < -0.3 is 14.7 Å². The minimum atomic E-state index is -0.825. The molecule has 0 spiro atoms. The van der Waals surface area contributed by atoms with Crippen LogP contribution in [0.4, 0.5) is 9.80 Å². The first-order valence-electron chi connectivity index (χ1n) is 8.55. The zero-order valence-electron chi connectivity index (χ0n) is 14.8. The van der Waals surface area contributed by atoms with Gasteiger partial charge in [-0.2, -0.15) is 0 Å². The monoisotopic (exact) mass is 388 g/mol. The highest BCUT2D eigenvalue weighted by molar-refractivity contribution is 7.15. The van der Waals surface area contributed by atoms with Gasteiger partial charge in [-0.05, 0) is 18.4 Å². The van der Waals surface area contributed by atoms with Gasteiger partial charge in [0.2, 0.25) is 0 Å². The Morgan fingerprint density at radius 2 is 1.85 bits per heavy atom. The summed E-state index contributed by atoms with van der Waals surface area (Å²) in [5, 5.41) is 14.1. The molecule has 0 saturated carbocycles. The van der Waals surface area contributed by atoms with Crippen molar-refractivity contribution in [1.82, 2.24) is 4.90 Å². The number of hydrogen-bond acceptors (Lipinski definition) is 5. The third-order valence-corrected chi connectivity index (χ3v) is 5.51. The Balaban J connectivity index is 1.79. The van der Waals surface area contributed by atoms with Crippen molar-refractivity contribution < 1.29 is 24.2 Å². The van der Waals surface area contributed by atoms with E-state index in [1.807, 2.05) is 35.7 Å². The molecule has 1 saturated heterocycles. The van der Waals surface area contributed by atoms with Crippen molar-refractivity contribution in [2.24, 2.45) is 5.92 Å². The molecule has 0 aliphatic carbocycles. The van der Waals surface area contributed by atoms with E-state index < -0.39 is 17.9 Å². The first kappa shape index (κ1) is 18.9. The predicted octanol–water partition coefficient (Wildman–Crippen LogP) is 3.53. The highest BCUT2D eigenvalue weighted by Crippen LogP contribution is 2.36. The number of nitrogens with one attached hydrogen (secondary N) is 1. The van der Waals surface area contributed by atoms with E-state index >= 15 is 0 Å². The number of likely N-dealkylation sites (tertiary alicyclic amines) is 1. The number of hydrogen-bond donors (Lipinski definition) is 2. The summed E-state index contributed by atoms with van der Waals surface area (Å²) in [6.07, 6.45) is 0.846. The number of carboxylic acid groups (broad SMARTS) is 1. The van der Waals surface area contributed by atoms with Crippen LogP contribution in [0.25, 0.3) is 11.1 Å². The number of thiophene rings is 1. The Morgan fingerprint density at radius 1 is 1.19 bits per heavy atom. The van der Waals surface area contributed by atoms with Crippen LogP contribution < -0.4 is 5.32 Å². The van der Waals surface area contributed by atoms with E-state index in [0.717, 1.165) is 5.56 Å². The van der Waals surface area contributed by atoms with Gasteiger partial charge in [0.05, 0.1) is 13.0 Å². The summed E-state index contributed by atoms with van der Waals surface area (Å²) < 4.78 is 4.90. The first-order chi connectivity index (χ1) is 13.0. The molecule has 1 aromatic heterocycles. The smallest absolute Gasteiger partial charge is 0.341 e. The molecule has 2 aromatic rings. The molecule has 3 rings (SSSR count). The summed E-state index contributed by atoms with van der Waals surface area (Å²) in [6, 6.07) is 9.06. The van der Waals surface area contributed by atoms with Crippen LogP contribution in [0, 0.1) is 5.92 Å². The highest BCUT2D eigenvalue weighted by atomic mass is 32.1. The number of carboxylic acids is 1. The molecule has 0 radical (unpaired) electrons. The van der Waals surface area contributed by atoms with Crippen LogP contribution in [0.1, 0.15) is 23.2 Å². The number of anilines is 1. The second kappa shape index (κ2) is 8.22. The summed E-state index contributed by atoms with van der Waals surface area (Å²) >= 11 is 1.26. The molecule has 1 aliphatic rings. The summed E-state index contributed by atoms with van der Waals surface area (Å²) in [5.74, 6) is -1.75. The molecule has 0 atom stereocenters. The zero-order chi connectivity index (χ0) is 19.4. The topological polar surface area (TPSA) is 95.9 Å². The second-order valence-electron chi connectivity index (χ2n) is 6.24. The molecule has 0 unspecified atom stereocenters. The number of nitrogens with zero attached hydrogens (tertiary/aromatic N) is 1. The van der Waals surface area contributed by atoms with Crippen molar-refractivity contribution in [2.45, 2.75) is 12.8 Å². The van der Waals surface area contributed by atoms with Crippen LogP contribution >= 0.6 is 11.3 Å². The number of benzene rings is 1. The number of carbonyl (C=O) groups excluding carboxylic acids is 2. The molecule has 0 bridgehead atoms. The number of methoxy groups -OCH3 is 1. The average Bonchev–Trinajstić information content (AvgIpc) is 3.11. The maximum Gasteiger partial charge on any atom is 0.341 e. The fraction of sp³-hybridized carbons (Fsp3) is 0.316. The number of urea groups is 1. The van der Waals surface area contributed by atoms with E-state index in [-0.39, 0.29) is 6.03 Å². The van der Waals surface area contributed by atoms with Crippen LogP contribution in [0.15, 0.2) is 35.7 Å². The fourth-order valence-electron chi connectivity index (χ4n) is 3.09. The van der Waals surface area contributed by atoms with Gasteiger partial charge >= 0.3 is 18.0 Å². The molecular formula is C19H20N2O5S. The number of amides is 2. The predicted molar refractivity (Wildman–Crippen MR) is 102 cm³/mol. The maximum absolute atomic E-state index is 12.6. The molecule has 2 heterocycles. The van der Waals surface area contributed by atoms with E-state index in [1.54, 1.807) is 4.90 Å². The molecule has 1 aromatic carbocycles. The average molecular weight is 388 g/mol. The number of rotatable bonds is 4. The molecule has 2 amide bonds. The lowest BCUT2D eigenvalue weighted by molar-refractivity contribution is -0.143. The molecule has 1 fully saturated rings. The molecule has 2 N–H and O–H groups in total. The Bertz CT molecular complexity index is 841. The van der Waals surface area contributed by atoms with Crippen LogP contribution in [-0.2, 0) is 9.53 Å². The quantitative estimate of drug-likeness (QED) is 0.781.